The number of nitrogens with one attached hydrogen (secondary N) is 1. The van der Waals surface area contributed by atoms with Gasteiger partial charge in [-0.1, -0.05) is 0 Å². The monoisotopic (exact) mass is 253 g/mol. The van der Waals surface area contributed by atoms with E-state index in [-0.39, 0.29) is 12.0 Å². The molecule has 0 radical (unpaired) electrons. The van der Waals surface area contributed by atoms with Crippen LogP contribution in [0.1, 0.15) is 0 Å². The van der Waals surface area contributed by atoms with Crippen molar-refractivity contribution in [3.8, 4) is 6.01 Å². The average molecular weight is 253 g/mol. The molecular weight excluding hydrogens is 242 g/mol. The third-order valence-electron chi connectivity index (χ3n) is 1.87. The predicted octanol–water partition coefficient (Wildman–Crippen LogP) is 0.0505. The lowest BCUT2D eigenvalue weighted by Crippen LogP contribution is -2.12. The van der Waals surface area contributed by atoms with Crippen LogP contribution in [0.2, 0.25) is 0 Å². The van der Waals surface area contributed by atoms with Crippen molar-refractivity contribution in [3.05, 3.63) is 12.4 Å². The highest BCUT2D eigenvalue weighted by atomic mass is 32.2. The van der Waals surface area contributed by atoms with Gasteiger partial charge in [0.05, 0.1) is 7.11 Å². The minimum Gasteiger partial charge on any atom is -0.467 e. The van der Waals surface area contributed by atoms with Gasteiger partial charge < -0.3 is 9.30 Å². The Kier molecular flexibility index (Phi) is 3.40. The number of imidazole rings is 1. The first-order valence-electron chi connectivity index (χ1n) is 4.65. The molecule has 2 heterocycles. The number of aryl methyl sites for hydroxylation is 1. The number of aromatic nitrogens is 5. The van der Waals surface area contributed by atoms with Gasteiger partial charge in [-0.3, -0.25) is 5.43 Å². The van der Waals surface area contributed by atoms with Crippen LogP contribution in [0.5, 0.6) is 6.01 Å². The van der Waals surface area contributed by atoms with E-state index in [1.807, 2.05) is 17.8 Å². The Hall–Kier alpha value is -1.87. The van der Waals surface area contributed by atoms with Gasteiger partial charge >= 0.3 is 6.01 Å². The van der Waals surface area contributed by atoms with Crippen molar-refractivity contribution in [2.24, 2.45) is 12.9 Å². The van der Waals surface area contributed by atoms with Crippen molar-refractivity contribution in [2.45, 2.75) is 10.3 Å². The number of hydrazine groups is 1. The van der Waals surface area contributed by atoms with Crippen LogP contribution < -0.4 is 16.0 Å². The number of methoxy groups -OCH3 is 1. The third kappa shape index (κ3) is 2.63. The lowest BCUT2D eigenvalue weighted by molar-refractivity contribution is 0.373. The van der Waals surface area contributed by atoms with Crippen LogP contribution in [0.4, 0.5) is 5.95 Å². The topological polar surface area (TPSA) is 104 Å². The maximum absolute atomic E-state index is 5.26. The first-order chi connectivity index (χ1) is 8.22. The van der Waals surface area contributed by atoms with Gasteiger partial charge in [-0.25, -0.2) is 10.8 Å². The van der Waals surface area contributed by atoms with E-state index in [9.17, 15) is 0 Å². The standard InChI is InChI=1S/C8H11N7OS/c1-15-4-3-10-8(15)17-7-12-5(14-9)11-6(13-7)16-2/h3-4H,9H2,1-2H3,(H,11,12,13,14). The lowest BCUT2D eigenvalue weighted by atomic mass is 10.9. The van der Waals surface area contributed by atoms with Crippen LogP contribution in [-0.4, -0.2) is 31.6 Å². The molecule has 0 bridgehead atoms. The molecule has 9 heteroatoms. The summed E-state index contributed by atoms with van der Waals surface area (Å²) in [5.41, 5.74) is 2.35. The van der Waals surface area contributed by atoms with Gasteiger partial charge in [-0.15, -0.1) is 0 Å². The van der Waals surface area contributed by atoms with Crippen LogP contribution in [-0.2, 0) is 7.05 Å². The Labute approximate surface area is 102 Å². The quantitative estimate of drug-likeness (QED) is 0.582. The van der Waals surface area contributed by atoms with Crippen molar-refractivity contribution in [2.75, 3.05) is 12.5 Å². The summed E-state index contributed by atoms with van der Waals surface area (Å²) in [7, 11) is 3.36. The molecular formula is C8H11N7OS. The zero-order valence-corrected chi connectivity index (χ0v) is 10.1. The van der Waals surface area contributed by atoms with E-state index in [1.165, 1.54) is 18.9 Å². The molecule has 2 aromatic heterocycles. The van der Waals surface area contributed by atoms with Gasteiger partial charge in [0.25, 0.3) is 0 Å². The predicted molar refractivity (Wildman–Crippen MR) is 61.5 cm³/mol. The number of ether oxygens (including phenoxy) is 1. The number of hydrogen-bond donors (Lipinski definition) is 2. The fraction of sp³-hybridized carbons (Fsp3) is 0.250. The first-order valence-corrected chi connectivity index (χ1v) is 5.46. The number of hydrogen-bond acceptors (Lipinski definition) is 8. The summed E-state index contributed by atoms with van der Waals surface area (Å²) in [5, 5.41) is 1.22. The van der Waals surface area contributed by atoms with Crippen LogP contribution in [0.25, 0.3) is 0 Å². The number of nitrogens with two attached hydrogens (primary N) is 1. The first kappa shape index (κ1) is 11.6. The maximum atomic E-state index is 5.26. The Morgan fingerprint density at radius 1 is 1.41 bits per heavy atom. The largest absolute Gasteiger partial charge is 0.467 e. The number of anilines is 1. The zero-order valence-electron chi connectivity index (χ0n) is 9.28. The van der Waals surface area contributed by atoms with Crippen LogP contribution in [0, 0.1) is 0 Å². The minimum atomic E-state index is 0.199. The van der Waals surface area contributed by atoms with Crippen LogP contribution >= 0.6 is 11.8 Å². The van der Waals surface area contributed by atoms with Crippen LogP contribution in [0.3, 0.4) is 0 Å². The Morgan fingerprint density at radius 3 is 2.82 bits per heavy atom. The number of nitrogens with zero attached hydrogens (tertiary/aromatic N) is 5. The second kappa shape index (κ2) is 4.97. The highest BCUT2D eigenvalue weighted by Crippen LogP contribution is 2.23. The van der Waals surface area contributed by atoms with Crippen molar-refractivity contribution in [1.82, 2.24) is 24.5 Å². The summed E-state index contributed by atoms with van der Waals surface area (Å²) in [5.74, 6) is 5.50. The summed E-state index contributed by atoms with van der Waals surface area (Å²) >= 11 is 1.29. The lowest BCUT2D eigenvalue weighted by Gasteiger charge is -2.04. The van der Waals surface area contributed by atoms with E-state index in [1.54, 1.807) is 6.20 Å². The fourth-order valence-electron chi connectivity index (χ4n) is 1.07. The van der Waals surface area contributed by atoms with E-state index < -0.39 is 0 Å². The fourth-order valence-corrected chi connectivity index (χ4v) is 1.81. The molecule has 0 aliphatic carbocycles. The smallest absolute Gasteiger partial charge is 0.322 e. The molecule has 0 aromatic carbocycles. The highest BCUT2D eigenvalue weighted by molar-refractivity contribution is 7.99. The van der Waals surface area contributed by atoms with Gasteiger partial charge in [-0.05, 0) is 11.8 Å². The van der Waals surface area contributed by atoms with E-state index in [0.29, 0.717) is 5.16 Å². The molecule has 0 aliphatic rings. The number of nitrogen functional groups attached to an aromatic ring is 1. The SMILES string of the molecule is COc1nc(NN)nc(Sc2nccn2C)n1. The van der Waals surface area contributed by atoms with Crippen molar-refractivity contribution < 1.29 is 4.74 Å². The molecule has 0 saturated carbocycles. The zero-order chi connectivity index (χ0) is 12.3. The molecule has 8 nitrogen and oxygen atoms in total. The average Bonchev–Trinajstić information content (AvgIpc) is 2.74. The second-order valence-corrected chi connectivity index (χ2v) is 3.93. The molecule has 0 fully saturated rings. The van der Waals surface area contributed by atoms with Crippen molar-refractivity contribution in [3.63, 3.8) is 0 Å². The third-order valence-corrected chi connectivity index (χ3v) is 2.81. The molecule has 0 unspecified atom stereocenters. The molecule has 2 rings (SSSR count). The molecule has 2 aromatic rings. The number of rotatable bonds is 4. The summed E-state index contributed by atoms with van der Waals surface area (Å²) in [4.78, 5) is 16.2. The van der Waals surface area contributed by atoms with Gasteiger partial charge in [0.15, 0.2) is 5.16 Å². The summed E-state index contributed by atoms with van der Waals surface area (Å²) < 4.78 is 6.81. The van der Waals surface area contributed by atoms with Gasteiger partial charge in [0.1, 0.15) is 0 Å². The van der Waals surface area contributed by atoms with Gasteiger partial charge in [0, 0.05) is 19.4 Å². The summed E-state index contributed by atoms with van der Waals surface area (Å²) in [6.45, 7) is 0. The van der Waals surface area contributed by atoms with Crippen LogP contribution in [0.15, 0.2) is 22.7 Å². The Balaban J connectivity index is 2.29. The van der Waals surface area contributed by atoms with E-state index >= 15 is 0 Å². The molecule has 0 spiro atoms. The molecule has 3 N–H and O–H groups in total. The summed E-state index contributed by atoms with van der Waals surface area (Å²) in [6, 6.07) is 0.199. The molecule has 17 heavy (non-hydrogen) atoms. The van der Waals surface area contributed by atoms with Crippen molar-refractivity contribution in [1.29, 1.82) is 0 Å². The normalized spacial score (nSPS) is 10.3. The molecule has 0 amide bonds. The second-order valence-electron chi connectivity index (χ2n) is 3.00. The van der Waals surface area contributed by atoms with E-state index in [2.05, 4.69) is 25.4 Å². The van der Waals surface area contributed by atoms with E-state index in [4.69, 9.17) is 10.6 Å². The van der Waals surface area contributed by atoms with E-state index in [0.717, 1.165) is 5.16 Å². The molecule has 0 aliphatic heterocycles. The summed E-state index contributed by atoms with van der Waals surface area (Å²) in [6.07, 6.45) is 3.53. The Bertz CT molecular complexity index is 492. The molecule has 0 atom stereocenters. The highest BCUT2D eigenvalue weighted by Gasteiger charge is 2.10. The van der Waals surface area contributed by atoms with Gasteiger partial charge in [0.2, 0.25) is 11.1 Å². The molecule has 90 valence electrons. The maximum Gasteiger partial charge on any atom is 0.322 e. The van der Waals surface area contributed by atoms with Crippen molar-refractivity contribution >= 4 is 17.7 Å². The minimum absolute atomic E-state index is 0.199. The Morgan fingerprint density at radius 2 is 2.24 bits per heavy atom. The molecule has 0 saturated heterocycles. The van der Waals surface area contributed by atoms with Gasteiger partial charge in [-0.2, -0.15) is 15.0 Å².